The third kappa shape index (κ3) is 4.37. The van der Waals surface area contributed by atoms with Gasteiger partial charge in [0, 0.05) is 12.0 Å². The molecule has 0 aromatic heterocycles. The molecule has 0 heterocycles. The van der Waals surface area contributed by atoms with E-state index < -0.39 is 39.6 Å². The number of phenols is 1. The number of halogens is 3. The highest BCUT2D eigenvalue weighted by Crippen LogP contribution is 2.45. The lowest BCUT2D eigenvalue weighted by atomic mass is 9.96. The molecule has 0 saturated carbocycles. The van der Waals surface area contributed by atoms with Crippen molar-refractivity contribution in [2.75, 3.05) is 0 Å². The van der Waals surface area contributed by atoms with Gasteiger partial charge in [-0.15, -0.1) is 0 Å². The van der Waals surface area contributed by atoms with Gasteiger partial charge in [-0.1, -0.05) is 13.0 Å². The number of aromatic hydroxyl groups is 1. The second kappa shape index (κ2) is 8.05. The maximum atomic E-state index is 13.3. The summed E-state index contributed by atoms with van der Waals surface area (Å²) in [4.78, 5) is 26.9. The Bertz CT molecular complexity index is 1030. The summed E-state index contributed by atoms with van der Waals surface area (Å²) in [5.74, 6) is -1.55. The number of nitrogens with one attached hydrogen (secondary N) is 1. The molecular formula is C18H14F3N3O5. The highest BCUT2D eigenvalue weighted by atomic mass is 19.4. The largest absolute Gasteiger partial charge is 0.502 e. The minimum absolute atomic E-state index is 0.0649. The maximum Gasteiger partial charge on any atom is 0.417 e. The number of nitrogens with zero attached hydrogens (tertiary/aromatic N) is 2. The number of nitro groups is 1. The molecule has 11 heteroatoms. The number of hydrogen-bond acceptors (Lipinski definition) is 6. The van der Waals surface area contributed by atoms with Crippen molar-refractivity contribution in [2.24, 2.45) is 0 Å². The third-order valence-electron chi connectivity index (χ3n) is 4.01. The van der Waals surface area contributed by atoms with Crippen LogP contribution in [0.4, 0.5) is 18.9 Å². The normalized spacial score (nSPS) is 10.9. The number of nitro benzene ring substituents is 1. The molecule has 0 aliphatic rings. The number of benzene rings is 2. The number of alkyl halides is 3. The van der Waals surface area contributed by atoms with Crippen LogP contribution in [0, 0.1) is 28.4 Å². The Morgan fingerprint density at radius 3 is 2.55 bits per heavy atom. The van der Waals surface area contributed by atoms with E-state index >= 15 is 0 Å². The Morgan fingerprint density at radius 1 is 1.38 bits per heavy atom. The number of nitriles is 1. The Labute approximate surface area is 162 Å². The van der Waals surface area contributed by atoms with E-state index in [0.717, 1.165) is 18.2 Å². The molecule has 2 aromatic rings. The van der Waals surface area contributed by atoms with Gasteiger partial charge in [-0.3, -0.25) is 14.9 Å². The number of carbonyl (C=O) groups excluding carboxylic acids is 1. The molecule has 0 atom stereocenters. The van der Waals surface area contributed by atoms with E-state index in [1.165, 1.54) is 13.0 Å². The molecule has 0 spiro atoms. The van der Waals surface area contributed by atoms with Crippen LogP contribution in [0.25, 0.3) is 11.1 Å². The second-order valence-electron chi connectivity index (χ2n) is 5.85. The van der Waals surface area contributed by atoms with Crippen molar-refractivity contribution in [2.45, 2.75) is 26.4 Å². The first-order valence-corrected chi connectivity index (χ1v) is 8.09. The van der Waals surface area contributed by atoms with Crippen LogP contribution in [0.5, 0.6) is 11.5 Å². The third-order valence-corrected chi connectivity index (χ3v) is 4.01. The van der Waals surface area contributed by atoms with E-state index in [0.29, 0.717) is 6.07 Å². The SMILES string of the molecule is CCC(=O)NOc1cc(-c2ccc(C#N)c(C(F)(F)F)c2)c([N+](=O)[O-])c(O)c1C. The van der Waals surface area contributed by atoms with Crippen molar-refractivity contribution >= 4 is 11.6 Å². The Kier molecular flexibility index (Phi) is 5.97. The zero-order chi connectivity index (χ0) is 21.9. The zero-order valence-electron chi connectivity index (χ0n) is 15.1. The van der Waals surface area contributed by atoms with Crippen LogP contribution in [-0.4, -0.2) is 15.9 Å². The molecule has 0 unspecified atom stereocenters. The van der Waals surface area contributed by atoms with Gasteiger partial charge < -0.3 is 9.94 Å². The first kappa shape index (κ1) is 21.5. The van der Waals surface area contributed by atoms with Crippen LogP contribution in [0.1, 0.15) is 30.0 Å². The summed E-state index contributed by atoms with van der Waals surface area (Å²) in [6.45, 7) is 2.82. The van der Waals surface area contributed by atoms with Gasteiger partial charge >= 0.3 is 11.9 Å². The highest BCUT2D eigenvalue weighted by Gasteiger charge is 2.35. The first-order chi connectivity index (χ1) is 13.5. The smallest absolute Gasteiger partial charge is 0.417 e. The quantitative estimate of drug-likeness (QED) is 0.568. The monoisotopic (exact) mass is 409 g/mol. The average Bonchev–Trinajstić information content (AvgIpc) is 2.66. The fourth-order valence-electron chi connectivity index (χ4n) is 2.47. The topological polar surface area (TPSA) is 125 Å². The average molecular weight is 409 g/mol. The molecule has 152 valence electrons. The molecule has 0 bridgehead atoms. The van der Waals surface area contributed by atoms with Crippen molar-refractivity contribution in [3.05, 3.63) is 51.1 Å². The van der Waals surface area contributed by atoms with Crippen molar-refractivity contribution in [1.82, 2.24) is 5.48 Å². The molecule has 29 heavy (non-hydrogen) atoms. The summed E-state index contributed by atoms with van der Waals surface area (Å²) in [6, 6.07) is 4.98. The number of hydrogen-bond donors (Lipinski definition) is 2. The predicted octanol–water partition coefficient (Wildman–Crippen LogP) is 3.99. The second-order valence-corrected chi connectivity index (χ2v) is 5.85. The zero-order valence-corrected chi connectivity index (χ0v) is 15.1. The van der Waals surface area contributed by atoms with E-state index in [1.54, 1.807) is 6.92 Å². The van der Waals surface area contributed by atoms with Crippen molar-refractivity contribution < 1.29 is 32.8 Å². The molecule has 0 fully saturated rings. The summed E-state index contributed by atoms with van der Waals surface area (Å²) in [6.07, 6.45) is -4.81. The van der Waals surface area contributed by atoms with E-state index in [4.69, 9.17) is 10.1 Å². The molecule has 0 aliphatic carbocycles. The van der Waals surface area contributed by atoms with Gasteiger partial charge in [-0.2, -0.15) is 23.9 Å². The molecule has 0 aliphatic heterocycles. The van der Waals surface area contributed by atoms with Crippen LogP contribution in [-0.2, 0) is 11.0 Å². The molecule has 0 saturated heterocycles. The van der Waals surface area contributed by atoms with Gasteiger partial charge in [0.15, 0.2) is 5.75 Å². The highest BCUT2D eigenvalue weighted by molar-refractivity contribution is 5.82. The molecule has 1 amide bonds. The van der Waals surface area contributed by atoms with Crippen molar-refractivity contribution in [3.63, 3.8) is 0 Å². The summed E-state index contributed by atoms with van der Waals surface area (Å²) in [5.41, 5.74) is -1.48. The van der Waals surface area contributed by atoms with Crippen LogP contribution >= 0.6 is 0 Å². The molecule has 2 aromatic carbocycles. The van der Waals surface area contributed by atoms with Crippen LogP contribution in [0.2, 0.25) is 0 Å². The minimum Gasteiger partial charge on any atom is -0.502 e. The summed E-state index contributed by atoms with van der Waals surface area (Å²) < 4.78 is 39.8. The van der Waals surface area contributed by atoms with E-state index in [1.807, 2.05) is 0 Å². The van der Waals surface area contributed by atoms with E-state index in [-0.39, 0.29) is 28.9 Å². The summed E-state index contributed by atoms with van der Waals surface area (Å²) in [7, 11) is 0. The molecule has 2 rings (SSSR count). The molecule has 0 radical (unpaired) electrons. The Hall–Kier alpha value is -3.81. The van der Waals surface area contributed by atoms with Gasteiger partial charge in [0.1, 0.15) is 0 Å². The number of carbonyl (C=O) groups is 1. The van der Waals surface area contributed by atoms with Gasteiger partial charge in [0.25, 0.3) is 5.91 Å². The standard InChI is InChI=1S/C18H14F3N3O5/c1-3-15(25)23-29-14-7-12(16(24(27)28)17(26)9(14)2)10-4-5-11(8-22)13(6-10)18(19,20)21/h4-7,26H,3H2,1-2H3,(H,23,25). The van der Waals surface area contributed by atoms with Gasteiger partial charge in [-0.25, -0.2) is 0 Å². The van der Waals surface area contributed by atoms with Crippen LogP contribution < -0.4 is 10.3 Å². The minimum atomic E-state index is -4.88. The lowest BCUT2D eigenvalue weighted by Crippen LogP contribution is -2.26. The summed E-state index contributed by atoms with van der Waals surface area (Å²) in [5, 5.41) is 30.6. The van der Waals surface area contributed by atoms with E-state index in [9.17, 15) is 33.2 Å². The molecule has 8 nitrogen and oxygen atoms in total. The first-order valence-electron chi connectivity index (χ1n) is 8.09. The van der Waals surface area contributed by atoms with Gasteiger partial charge in [0.2, 0.25) is 5.75 Å². The predicted molar refractivity (Wildman–Crippen MR) is 93.7 cm³/mol. The van der Waals surface area contributed by atoms with Crippen molar-refractivity contribution in [1.29, 1.82) is 5.26 Å². The number of amides is 1. The number of phenolic OH excluding ortho intramolecular Hbond substituents is 1. The number of hydroxylamine groups is 1. The summed E-state index contributed by atoms with van der Waals surface area (Å²) >= 11 is 0. The van der Waals surface area contributed by atoms with Crippen LogP contribution in [0.15, 0.2) is 24.3 Å². The Balaban J connectivity index is 2.74. The fourth-order valence-corrected chi connectivity index (χ4v) is 2.47. The van der Waals surface area contributed by atoms with Crippen LogP contribution in [0.3, 0.4) is 0 Å². The lowest BCUT2D eigenvalue weighted by molar-refractivity contribution is -0.385. The Morgan fingerprint density at radius 2 is 2.03 bits per heavy atom. The number of rotatable bonds is 5. The maximum absolute atomic E-state index is 13.3. The molecular weight excluding hydrogens is 395 g/mol. The van der Waals surface area contributed by atoms with Gasteiger partial charge in [-0.05, 0) is 30.7 Å². The van der Waals surface area contributed by atoms with E-state index in [2.05, 4.69) is 5.48 Å². The lowest BCUT2D eigenvalue weighted by Gasteiger charge is -2.15. The molecule has 2 N–H and O–H groups in total. The fraction of sp³-hybridized carbons (Fsp3) is 0.222. The van der Waals surface area contributed by atoms with Crippen molar-refractivity contribution in [3.8, 4) is 28.7 Å². The van der Waals surface area contributed by atoms with Gasteiger partial charge in [0.05, 0.1) is 27.7 Å².